The summed E-state index contributed by atoms with van der Waals surface area (Å²) in [7, 11) is 1.00. The van der Waals surface area contributed by atoms with Gasteiger partial charge in [0, 0.05) is 68.6 Å². The van der Waals surface area contributed by atoms with E-state index in [-0.39, 0.29) is 71.8 Å². The van der Waals surface area contributed by atoms with Crippen LogP contribution in [0.1, 0.15) is 22.3 Å². The van der Waals surface area contributed by atoms with Crippen molar-refractivity contribution in [3.63, 3.8) is 0 Å². The van der Waals surface area contributed by atoms with Crippen molar-refractivity contribution in [2.24, 2.45) is 22.9 Å². The first kappa shape index (κ1) is 45.3. The van der Waals surface area contributed by atoms with Gasteiger partial charge in [0.05, 0.1) is 25.0 Å². The normalized spacial score (nSPS) is 13.4. The van der Waals surface area contributed by atoms with E-state index in [1.807, 2.05) is 4.90 Å². The summed E-state index contributed by atoms with van der Waals surface area (Å²) >= 11 is 0. The molecule has 0 spiro atoms. The van der Waals surface area contributed by atoms with Crippen LogP contribution in [0, 0.1) is 17.0 Å². The van der Waals surface area contributed by atoms with Gasteiger partial charge in [0.15, 0.2) is 23.1 Å². The molecule has 0 radical (unpaired) electrons. The molecule has 2 aromatic carbocycles. The fraction of sp³-hybridized carbons (Fsp3) is 0.229. The Balaban J connectivity index is 0.00000168. The number of allylic oxidation sites excluding steroid dienone is 3. The summed E-state index contributed by atoms with van der Waals surface area (Å²) in [5, 5.41) is 38.3. The van der Waals surface area contributed by atoms with E-state index in [0.29, 0.717) is 11.1 Å². The molecule has 19 heteroatoms. The lowest BCUT2D eigenvalue weighted by molar-refractivity contribution is -0.107. The second-order valence-corrected chi connectivity index (χ2v) is 10.3. The predicted octanol–water partition coefficient (Wildman–Crippen LogP) is -0.209. The van der Waals surface area contributed by atoms with Crippen LogP contribution < -0.4 is 48.2 Å². The SMILES string of the molecule is CO.N=C(\C=C/C=c1\cc(OCCCOc2cc(/C(N)=C/C=C(\N)n3ccnc3)c(C(=O)O)cc2F)c(F)c\c1=C/O)N1CCNCC1.NC=O.NC=O. The first-order valence-electron chi connectivity index (χ1n) is 15.9. The number of ether oxygens (including phenoxy) is 2. The van der Waals surface area contributed by atoms with E-state index >= 15 is 0 Å². The fourth-order valence-electron chi connectivity index (χ4n) is 4.47. The maximum absolute atomic E-state index is 14.7. The van der Waals surface area contributed by atoms with Crippen molar-refractivity contribution in [1.82, 2.24) is 19.8 Å². The summed E-state index contributed by atoms with van der Waals surface area (Å²) in [5.41, 5.74) is 20.1. The third-order valence-electron chi connectivity index (χ3n) is 6.92. The summed E-state index contributed by atoms with van der Waals surface area (Å²) < 4.78 is 42.0. The molecule has 0 saturated carbocycles. The Morgan fingerprint density at radius 3 is 2.11 bits per heavy atom. The van der Waals surface area contributed by atoms with Gasteiger partial charge in [-0.1, -0.05) is 12.2 Å². The molecule has 17 nitrogen and oxygen atoms in total. The van der Waals surface area contributed by atoms with Crippen LogP contribution in [0.25, 0.3) is 23.9 Å². The zero-order chi connectivity index (χ0) is 40.5. The number of carbonyl (C=O) groups is 3. The largest absolute Gasteiger partial charge is 0.515 e. The highest BCUT2D eigenvalue weighted by molar-refractivity contribution is 5.94. The number of aliphatic hydroxyl groups excluding tert-OH is 2. The highest BCUT2D eigenvalue weighted by atomic mass is 19.1. The Kier molecular flexibility index (Phi) is 21.2. The van der Waals surface area contributed by atoms with Crippen LogP contribution >= 0.6 is 0 Å². The van der Waals surface area contributed by atoms with Gasteiger partial charge in [-0.15, -0.1) is 0 Å². The van der Waals surface area contributed by atoms with Crippen molar-refractivity contribution < 1.29 is 48.0 Å². The molecule has 54 heavy (non-hydrogen) atoms. The zero-order valence-corrected chi connectivity index (χ0v) is 29.4. The number of piperazine rings is 1. The number of primary amides is 2. The van der Waals surface area contributed by atoms with E-state index in [2.05, 4.69) is 21.8 Å². The van der Waals surface area contributed by atoms with Crippen LogP contribution in [0.3, 0.4) is 0 Å². The van der Waals surface area contributed by atoms with Gasteiger partial charge in [-0.2, -0.15) is 0 Å². The molecule has 1 aromatic heterocycles. The molecule has 0 unspecified atom stereocenters. The van der Waals surface area contributed by atoms with Crippen LogP contribution in [-0.4, -0.2) is 101 Å². The van der Waals surface area contributed by atoms with Crippen LogP contribution in [0.2, 0.25) is 0 Å². The quantitative estimate of drug-likeness (QED) is 0.0381. The third kappa shape index (κ3) is 14.9. The molecular weight excluding hydrogens is 712 g/mol. The van der Waals surface area contributed by atoms with Crippen molar-refractivity contribution in [1.29, 1.82) is 5.41 Å². The molecule has 1 fully saturated rings. The Hall–Kier alpha value is -6.73. The number of halogens is 2. The van der Waals surface area contributed by atoms with Crippen LogP contribution in [0.15, 0.2) is 67.3 Å². The first-order valence-corrected chi connectivity index (χ1v) is 15.9. The number of hydrogen-bond donors (Lipinski definition) is 9. The summed E-state index contributed by atoms with van der Waals surface area (Å²) in [6.07, 6.45) is 13.9. The van der Waals surface area contributed by atoms with Crippen LogP contribution in [-0.2, 0) is 9.59 Å². The number of aromatic nitrogens is 2. The molecule has 2 heterocycles. The third-order valence-corrected chi connectivity index (χ3v) is 6.92. The molecule has 13 N–H and O–H groups in total. The molecule has 0 atom stereocenters. The zero-order valence-electron chi connectivity index (χ0n) is 29.4. The number of amidine groups is 1. The Morgan fingerprint density at radius 2 is 1.56 bits per heavy atom. The monoisotopic (exact) mass is 757 g/mol. The van der Waals surface area contributed by atoms with Gasteiger partial charge in [0.25, 0.3) is 0 Å². The van der Waals surface area contributed by atoms with E-state index in [1.165, 1.54) is 41.4 Å². The number of carbonyl (C=O) groups excluding carboxylic acids is 2. The fourth-order valence-corrected chi connectivity index (χ4v) is 4.47. The molecule has 4 rings (SSSR count). The Morgan fingerprint density at radius 1 is 0.963 bits per heavy atom. The molecule has 3 aromatic rings. The van der Waals surface area contributed by atoms with E-state index in [4.69, 9.17) is 41.0 Å². The molecule has 1 aliphatic heterocycles. The molecule has 1 saturated heterocycles. The summed E-state index contributed by atoms with van der Waals surface area (Å²) in [4.78, 5) is 34.8. The maximum atomic E-state index is 14.7. The van der Waals surface area contributed by atoms with Gasteiger partial charge in [-0.3, -0.25) is 19.6 Å². The number of aromatic carboxylic acids is 1. The lowest BCUT2D eigenvalue weighted by Gasteiger charge is -2.28. The molecule has 292 valence electrons. The summed E-state index contributed by atoms with van der Waals surface area (Å²) in [6.45, 7) is 3.01. The minimum absolute atomic E-state index is 0.00404. The van der Waals surface area contributed by atoms with E-state index in [9.17, 15) is 23.8 Å². The minimum atomic E-state index is -1.38. The summed E-state index contributed by atoms with van der Waals surface area (Å²) in [6, 6.07) is 4.56. The highest BCUT2D eigenvalue weighted by Gasteiger charge is 2.18. The number of amides is 2. The number of benzene rings is 2. The van der Waals surface area contributed by atoms with Gasteiger partial charge in [-0.25, -0.2) is 18.6 Å². The number of rotatable bonds is 12. The van der Waals surface area contributed by atoms with Gasteiger partial charge >= 0.3 is 5.97 Å². The minimum Gasteiger partial charge on any atom is -0.515 e. The Bertz CT molecular complexity index is 1870. The number of aliphatic hydroxyl groups is 2. The molecule has 2 amide bonds. The van der Waals surface area contributed by atoms with Gasteiger partial charge in [0.1, 0.15) is 18.0 Å². The number of carboxylic acids is 1. The molecular formula is C35H45F2N9O8. The number of nitrogens with one attached hydrogen (secondary N) is 2. The number of nitrogens with two attached hydrogens (primary N) is 4. The van der Waals surface area contributed by atoms with Gasteiger partial charge in [0.2, 0.25) is 12.8 Å². The van der Waals surface area contributed by atoms with Crippen LogP contribution in [0.4, 0.5) is 8.78 Å². The second-order valence-electron chi connectivity index (χ2n) is 10.3. The van der Waals surface area contributed by atoms with E-state index in [0.717, 1.165) is 51.7 Å². The van der Waals surface area contributed by atoms with Crippen molar-refractivity contribution in [2.45, 2.75) is 6.42 Å². The lowest BCUT2D eigenvalue weighted by atomic mass is 10.0. The second kappa shape index (κ2) is 25.3. The van der Waals surface area contributed by atoms with Crippen LogP contribution in [0.5, 0.6) is 11.5 Å². The summed E-state index contributed by atoms with van der Waals surface area (Å²) in [5.74, 6) is -2.66. The highest BCUT2D eigenvalue weighted by Crippen LogP contribution is 2.26. The predicted molar refractivity (Wildman–Crippen MR) is 199 cm³/mol. The van der Waals surface area contributed by atoms with Crippen molar-refractivity contribution >= 4 is 48.5 Å². The van der Waals surface area contributed by atoms with E-state index in [1.54, 1.807) is 24.4 Å². The van der Waals surface area contributed by atoms with E-state index < -0.39 is 17.6 Å². The average molecular weight is 758 g/mol. The number of carboxylic acid groups (broad SMARTS) is 1. The molecule has 1 aliphatic rings. The number of nitrogens with zero attached hydrogens (tertiary/aromatic N) is 3. The number of hydrogen-bond acceptors (Lipinski definition) is 12. The molecule has 0 aliphatic carbocycles. The number of imidazole rings is 1. The van der Waals surface area contributed by atoms with Gasteiger partial charge in [-0.05, 0) is 47.7 Å². The molecule has 0 bridgehead atoms. The maximum Gasteiger partial charge on any atom is 0.336 e. The average Bonchev–Trinajstić information content (AvgIpc) is 3.72. The smallest absolute Gasteiger partial charge is 0.336 e. The Labute approximate surface area is 309 Å². The lowest BCUT2D eigenvalue weighted by Crippen LogP contribution is -2.45. The topological polar surface area (TPSA) is 291 Å². The van der Waals surface area contributed by atoms with Gasteiger partial charge < -0.3 is 57.9 Å². The van der Waals surface area contributed by atoms with Crippen molar-refractivity contribution in [2.75, 3.05) is 46.5 Å². The standard InChI is InChI=1S/C32H35F2N7O5.2CH3NO.CH4O/c33-25-15-22(19-42)21(3-1-4-30(36)40-10-7-38-8-11-40)16-28(25)45-13-2-14-46-29-18-23(24(32(43)44)17-26(29)34)27(35)5-6-31(37)41-12-9-39-20-41;2*2-1-3;1-2/h1,3-6,9,12,15-20,36,38,42H,2,7-8,10-11,13-14,35,37H2,(H,43,44);2*1H,(H2,2,3);2H,1H3/b4-1-,21-3+,22-19+,27-5-,31-6+,36-30?;;;. The first-order chi connectivity index (χ1) is 26.0. The van der Waals surface area contributed by atoms with Crippen molar-refractivity contribution in [3.8, 4) is 11.5 Å². The van der Waals surface area contributed by atoms with Crippen molar-refractivity contribution in [3.05, 3.63) is 100 Å².